The highest BCUT2D eigenvalue weighted by Crippen LogP contribution is 2.27. The first-order valence-corrected chi connectivity index (χ1v) is 7.78. The lowest BCUT2D eigenvalue weighted by atomic mass is 10.0. The van der Waals surface area contributed by atoms with Crippen molar-refractivity contribution in [2.75, 3.05) is 12.3 Å². The smallest absolute Gasteiger partial charge is 0.285 e. The average molecular weight is 331 g/mol. The molecule has 1 aromatic carbocycles. The topological polar surface area (TPSA) is 62.2 Å². The molecule has 1 aromatic heterocycles. The highest BCUT2D eigenvalue weighted by atomic mass is 32.1. The van der Waals surface area contributed by atoms with Crippen molar-refractivity contribution in [3.05, 3.63) is 52.8 Å². The number of hydrogen-bond donors (Lipinski definition) is 1. The Morgan fingerprint density at radius 3 is 2.65 bits per heavy atom. The van der Waals surface area contributed by atoms with Gasteiger partial charge in [0.2, 0.25) is 0 Å². The summed E-state index contributed by atoms with van der Waals surface area (Å²) in [4.78, 5) is 12.9. The molecule has 1 heterocycles. The van der Waals surface area contributed by atoms with Crippen LogP contribution in [0.3, 0.4) is 0 Å². The van der Waals surface area contributed by atoms with Gasteiger partial charge in [-0.05, 0) is 44.1 Å². The van der Waals surface area contributed by atoms with E-state index < -0.39 is 0 Å². The van der Waals surface area contributed by atoms with E-state index in [9.17, 15) is 4.79 Å². The first kappa shape index (κ1) is 17.0. The SMILES string of the molecule is C=CCOC(=S)n1c(N)c(-c2ccccc2C)c(=O)n1C(C)C. The molecule has 0 saturated carbocycles. The Labute approximate surface area is 141 Å². The Bertz CT molecular complexity index is 803. The van der Waals surface area contributed by atoms with Gasteiger partial charge in [0, 0.05) is 6.04 Å². The van der Waals surface area contributed by atoms with Gasteiger partial charge in [0.05, 0.1) is 5.56 Å². The van der Waals surface area contributed by atoms with Crippen molar-refractivity contribution < 1.29 is 4.74 Å². The minimum Gasteiger partial charge on any atom is -0.465 e. The molecular formula is C17H21N3O2S. The van der Waals surface area contributed by atoms with Gasteiger partial charge >= 0.3 is 0 Å². The molecule has 0 unspecified atom stereocenters. The molecule has 2 rings (SSSR count). The van der Waals surface area contributed by atoms with Crippen molar-refractivity contribution in [3.63, 3.8) is 0 Å². The van der Waals surface area contributed by atoms with E-state index in [-0.39, 0.29) is 29.2 Å². The number of nitrogens with zero attached hydrogens (tertiary/aromatic N) is 2. The Morgan fingerprint density at radius 2 is 2.09 bits per heavy atom. The van der Waals surface area contributed by atoms with Gasteiger partial charge in [-0.2, -0.15) is 4.68 Å². The van der Waals surface area contributed by atoms with Crippen LogP contribution in [0.25, 0.3) is 11.1 Å². The standard InChI is InChI=1S/C17H21N3O2S/c1-5-10-22-17(23)20-15(18)14(16(21)19(20)11(2)3)13-9-7-6-8-12(13)4/h5-9,11H,1,10,18H2,2-4H3. The highest BCUT2D eigenvalue weighted by Gasteiger charge is 2.24. The van der Waals surface area contributed by atoms with Gasteiger partial charge in [0.25, 0.3) is 10.7 Å². The zero-order chi connectivity index (χ0) is 17.1. The van der Waals surface area contributed by atoms with E-state index in [0.29, 0.717) is 5.56 Å². The lowest BCUT2D eigenvalue weighted by molar-refractivity contribution is 0.325. The highest BCUT2D eigenvalue weighted by molar-refractivity contribution is 7.80. The second kappa shape index (κ2) is 6.83. The fraction of sp³-hybridized carbons (Fsp3) is 0.294. The number of nitrogen functional groups attached to an aromatic ring is 1. The molecule has 0 aliphatic rings. The predicted molar refractivity (Wildman–Crippen MR) is 97.8 cm³/mol. The fourth-order valence-corrected chi connectivity index (χ4v) is 2.74. The molecule has 0 aliphatic heterocycles. The number of thiocarbonyl (C=S) groups is 1. The molecule has 0 atom stereocenters. The van der Waals surface area contributed by atoms with E-state index in [1.54, 1.807) is 6.08 Å². The van der Waals surface area contributed by atoms with Gasteiger partial charge in [-0.3, -0.25) is 4.79 Å². The summed E-state index contributed by atoms with van der Waals surface area (Å²) < 4.78 is 8.40. The van der Waals surface area contributed by atoms with Crippen molar-refractivity contribution in [1.82, 2.24) is 9.36 Å². The van der Waals surface area contributed by atoms with Crippen LogP contribution < -0.4 is 11.3 Å². The van der Waals surface area contributed by atoms with Crippen molar-refractivity contribution in [2.45, 2.75) is 26.8 Å². The quantitative estimate of drug-likeness (QED) is 0.691. The summed E-state index contributed by atoms with van der Waals surface area (Å²) in [6.45, 7) is 9.59. The number of aryl methyl sites for hydroxylation is 1. The summed E-state index contributed by atoms with van der Waals surface area (Å²) in [5, 5.41) is 0.132. The van der Waals surface area contributed by atoms with Gasteiger partial charge in [-0.15, -0.1) is 0 Å². The molecule has 2 N–H and O–H groups in total. The maximum Gasteiger partial charge on any atom is 0.285 e. The maximum atomic E-state index is 12.9. The summed E-state index contributed by atoms with van der Waals surface area (Å²) in [6.07, 6.45) is 1.59. The average Bonchev–Trinajstić information content (AvgIpc) is 2.77. The van der Waals surface area contributed by atoms with Crippen LogP contribution in [-0.2, 0) is 4.74 Å². The van der Waals surface area contributed by atoms with E-state index >= 15 is 0 Å². The number of benzene rings is 1. The monoisotopic (exact) mass is 331 g/mol. The van der Waals surface area contributed by atoms with Crippen LogP contribution in [0.2, 0.25) is 0 Å². The molecule has 0 radical (unpaired) electrons. The lowest BCUT2D eigenvalue weighted by Crippen LogP contribution is -2.30. The molecule has 0 bridgehead atoms. The minimum atomic E-state index is -0.184. The van der Waals surface area contributed by atoms with E-state index in [0.717, 1.165) is 11.1 Å². The molecule has 0 aliphatic carbocycles. The Balaban J connectivity index is 2.72. The zero-order valence-electron chi connectivity index (χ0n) is 13.6. The number of rotatable bonds is 4. The largest absolute Gasteiger partial charge is 0.465 e. The number of aromatic nitrogens is 2. The fourth-order valence-electron chi connectivity index (χ4n) is 2.49. The Kier molecular flexibility index (Phi) is 5.05. The summed E-state index contributed by atoms with van der Waals surface area (Å²) in [5.74, 6) is 0.284. The molecule has 0 amide bonds. The molecule has 122 valence electrons. The van der Waals surface area contributed by atoms with Gasteiger partial charge in [-0.25, -0.2) is 4.68 Å². The van der Waals surface area contributed by atoms with Crippen LogP contribution in [0.4, 0.5) is 5.82 Å². The van der Waals surface area contributed by atoms with Crippen LogP contribution in [0.5, 0.6) is 0 Å². The van der Waals surface area contributed by atoms with Crippen LogP contribution >= 0.6 is 12.2 Å². The number of hydrogen-bond acceptors (Lipinski definition) is 4. The number of ether oxygens (including phenoxy) is 1. The summed E-state index contributed by atoms with van der Waals surface area (Å²) in [7, 11) is 0. The van der Waals surface area contributed by atoms with E-state index in [4.69, 9.17) is 22.7 Å². The number of nitrogens with two attached hydrogens (primary N) is 1. The van der Waals surface area contributed by atoms with E-state index in [1.807, 2.05) is 45.0 Å². The molecular weight excluding hydrogens is 310 g/mol. The third kappa shape index (κ3) is 3.07. The van der Waals surface area contributed by atoms with Crippen LogP contribution in [0.1, 0.15) is 25.5 Å². The van der Waals surface area contributed by atoms with Crippen LogP contribution in [0.15, 0.2) is 41.7 Å². The van der Waals surface area contributed by atoms with Crippen molar-refractivity contribution in [3.8, 4) is 11.1 Å². The third-order valence-electron chi connectivity index (χ3n) is 3.52. The van der Waals surface area contributed by atoms with E-state index in [2.05, 4.69) is 6.58 Å². The molecule has 0 saturated heterocycles. The number of anilines is 1. The van der Waals surface area contributed by atoms with E-state index in [1.165, 1.54) is 9.36 Å². The summed E-state index contributed by atoms with van der Waals surface area (Å²) in [5.41, 5.74) is 8.30. The molecule has 0 fully saturated rings. The lowest BCUT2D eigenvalue weighted by Gasteiger charge is -2.16. The molecule has 5 nitrogen and oxygen atoms in total. The van der Waals surface area contributed by atoms with Crippen molar-refractivity contribution >= 4 is 23.2 Å². The molecule has 0 spiro atoms. The zero-order valence-corrected chi connectivity index (χ0v) is 14.4. The Hall–Kier alpha value is -2.34. The third-order valence-corrected chi connectivity index (χ3v) is 3.81. The summed E-state index contributed by atoms with van der Waals surface area (Å²) in [6, 6.07) is 7.51. The van der Waals surface area contributed by atoms with Gasteiger partial charge in [-0.1, -0.05) is 36.9 Å². The van der Waals surface area contributed by atoms with Crippen LogP contribution in [-0.4, -0.2) is 21.1 Å². The van der Waals surface area contributed by atoms with Crippen LogP contribution in [0, 0.1) is 6.92 Å². The van der Waals surface area contributed by atoms with Crippen molar-refractivity contribution in [2.24, 2.45) is 0 Å². The molecule has 6 heteroatoms. The second-order valence-corrected chi connectivity index (χ2v) is 5.85. The maximum absolute atomic E-state index is 12.9. The minimum absolute atomic E-state index is 0.118. The van der Waals surface area contributed by atoms with Crippen molar-refractivity contribution in [1.29, 1.82) is 0 Å². The molecule has 23 heavy (non-hydrogen) atoms. The van der Waals surface area contributed by atoms with Gasteiger partial charge < -0.3 is 10.5 Å². The first-order chi connectivity index (χ1) is 10.9. The van der Waals surface area contributed by atoms with Gasteiger partial charge in [0.1, 0.15) is 12.4 Å². The summed E-state index contributed by atoms with van der Waals surface area (Å²) >= 11 is 5.29. The molecule has 2 aromatic rings. The predicted octanol–water partition coefficient (Wildman–Crippen LogP) is 3.12. The first-order valence-electron chi connectivity index (χ1n) is 7.37. The normalized spacial score (nSPS) is 10.8. The van der Waals surface area contributed by atoms with Gasteiger partial charge in [0.15, 0.2) is 0 Å². The Morgan fingerprint density at radius 1 is 1.43 bits per heavy atom. The second-order valence-electron chi connectivity index (χ2n) is 5.50.